The van der Waals surface area contributed by atoms with Crippen LogP contribution in [0, 0.1) is 18.8 Å². The van der Waals surface area contributed by atoms with Crippen LogP contribution in [0.25, 0.3) is 0 Å². The van der Waals surface area contributed by atoms with E-state index < -0.39 is 0 Å². The van der Waals surface area contributed by atoms with E-state index >= 15 is 0 Å². The number of hydrogen-bond acceptors (Lipinski definition) is 3. The van der Waals surface area contributed by atoms with Gasteiger partial charge in [-0.1, -0.05) is 23.6 Å². The Labute approximate surface area is 100 Å². The quantitative estimate of drug-likeness (QED) is 0.631. The average Bonchev–Trinajstić information content (AvgIpc) is 2.20. The molecule has 3 heteroatoms. The Morgan fingerprint density at radius 3 is 2.88 bits per heavy atom. The molecular weight excluding hydrogens is 220 g/mol. The third-order valence-corrected chi connectivity index (χ3v) is 2.78. The van der Waals surface area contributed by atoms with Crippen molar-refractivity contribution in [2.45, 2.75) is 20.3 Å². The second-order valence-electron chi connectivity index (χ2n) is 3.39. The molecule has 0 radical (unpaired) electrons. The number of aromatic hydroxyl groups is 1. The Bertz CT molecular complexity index is 441. The van der Waals surface area contributed by atoms with Crippen LogP contribution in [-0.2, 0) is 4.79 Å². The summed E-state index contributed by atoms with van der Waals surface area (Å²) in [6.45, 7) is 3.47. The zero-order valence-corrected chi connectivity index (χ0v) is 10.2. The average molecular weight is 234 g/mol. The Hall–Kier alpha value is -1.40. The molecule has 0 aliphatic rings. The first kappa shape index (κ1) is 12.7. The molecule has 0 heterocycles. The maximum atomic E-state index is 10.7. The van der Waals surface area contributed by atoms with Gasteiger partial charge in [0.1, 0.15) is 5.75 Å². The van der Waals surface area contributed by atoms with E-state index in [0.29, 0.717) is 6.42 Å². The molecule has 2 nitrogen and oxygen atoms in total. The Kier molecular flexibility index (Phi) is 4.94. The molecule has 0 atom stereocenters. The molecule has 0 saturated heterocycles. The number of phenolic OH excluding ortho intramolecular Hbond substituents is 1. The molecule has 0 aliphatic carbocycles. The standard InChI is InChI=1S/C13H14O2S/c1-10-9-13(15)7-6-12(10)5-3-4-8-16-11(2)14/h6-7,9,15H,4,8H2,1-2H3. The van der Waals surface area contributed by atoms with Gasteiger partial charge in [0.05, 0.1) is 0 Å². The van der Waals surface area contributed by atoms with Crippen LogP contribution in [0.1, 0.15) is 24.5 Å². The lowest BCUT2D eigenvalue weighted by molar-refractivity contribution is -0.109. The Balaban J connectivity index is 2.53. The molecule has 0 spiro atoms. The molecule has 1 N–H and O–H groups in total. The number of aryl methyl sites for hydroxylation is 1. The zero-order chi connectivity index (χ0) is 12.0. The van der Waals surface area contributed by atoms with Crippen LogP contribution >= 0.6 is 11.8 Å². The number of rotatable bonds is 2. The largest absolute Gasteiger partial charge is 0.508 e. The second-order valence-corrected chi connectivity index (χ2v) is 4.66. The van der Waals surface area contributed by atoms with Crippen molar-refractivity contribution >= 4 is 16.9 Å². The number of hydrogen-bond donors (Lipinski definition) is 1. The maximum Gasteiger partial charge on any atom is 0.185 e. The highest BCUT2D eigenvalue weighted by Gasteiger charge is 1.95. The fourth-order valence-electron chi connectivity index (χ4n) is 1.19. The summed E-state index contributed by atoms with van der Waals surface area (Å²) in [5, 5.41) is 9.35. The molecule has 0 fully saturated rings. The van der Waals surface area contributed by atoms with Crippen LogP contribution in [-0.4, -0.2) is 16.0 Å². The van der Waals surface area contributed by atoms with E-state index in [2.05, 4.69) is 11.8 Å². The summed E-state index contributed by atoms with van der Waals surface area (Å²) in [4.78, 5) is 10.7. The van der Waals surface area contributed by atoms with Gasteiger partial charge < -0.3 is 5.11 Å². The van der Waals surface area contributed by atoms with Crippen molar-refractivity contribution in [2.75, 3.05) is 5.75 Å². The minimum Gasteiger partial charge on any atom is -0.508 e. The molecule has 0 saturated carbocycles. The van der Waals surface area contributed by atoms with E-state index in [-0.39, 0.29) is 10.9 Å². The normalized spacial score (nSPS) is 9.38. The van der Waals surface area contributed by atoms with Gasteiger partial charge in [0, 0.05) is 24.7 Å². The molecule has 84 valence electrons. The Morgan fingerprint density at radius 1 is 1.50 bits per heavy atom. The van der Waals surface area contributed by atoms with E-state index in [1.165, 1.54) is 11.8 Å². The van der Waals surface area contributed by atoms with Crippen molar-refractivity contribution in [3.63, 3.8) is 0 Å². The summed E-state index contributed by atoms with van der Waals surface area (Å²) in [5.41, 5.74) is 1.89. The third kappa shape index (κ3) is 4.41. The van der Waals surface area contributed by atoms with Gasteiger partial charge in [0.25, 0.3) is 0 Å². The van der Waals surface area contributed by atoms with Crippen molar-refractivity contribution in [1.82, 2.24) is 0 Å². The van der Waals surface area contributed by atoms with Crippen LogP contribution in [0.4, 0.5) is 0 Å². The van der Waals surface area contributed by atoms with Gasteiger partial charge in [-0.2, -0.15) is 0 Å². The number of thioether (sulfide) groups is 1. The lowest BCUT2D eigenvalue weighted by Crippen LogP contribution is -1.85. The summed E-state index contributed by atoms with van der Waals surface area (Å²) in [5.74, 6) is 7.04. The summed E-state index contributed by atoms with van der Waals surface area (Å²) in [7, 11) is 0. The van der Waals surface area contributed by atoms with Gasteiger partial charge in [-0.15, -0.1) is 0 Å². The predicted octanol–water partition coefficient (Wildman–Crippen LogP) is 2.72. The van der Waals surface area contributed by atoms with Gasteiger partial charge in [-0.25, -0.2) is 0 Å². The van der Waals surface area contributed by atoms with E-state index in [1.54, 1.807) is 25.1 Å². The van der Waals surface area contributed by atoms with Gasteiger partial charge in [0.15, 0.2) is 5.12 Å². The molecule has 16 heavy (non-hydrogen) atoms. The highest BCUT2D eigenvalue weighted by molar-refractivity contribution is 8.13. The number of carbonyl (C=O) groups excluding carboxylic acids is 1. The summed E-state index contributed by atoms with van der Waals surface area (Å²) >= 11 is 1.29. The van der Waals surface area contributed by atoms with Gasteiger partial charge in [-0.05, 0) is 30.7 Å². The predicted molar refractivity (Wildman–Crippen MR) is 67.5 cm³/mol. The third-order valence-electron chi connectivity index (χ3n) is 1.97. The van der Waals surface area contributed by atoms with Crippen LogP contribution in [0.3, 0.4) is 0 Å². The summed E-state index contributed by atoms with van der Waals surface area (Å²) in [6.07, 6.45) is 0.699. The van der Waals surface area contributed by atoms with Gasteiger partial charge in [0.2, 0.25) is 0 Å². The van der Waals surface area contributed by atoms with E-state index in [0.717, 1.165) is 16.9 Å². The fourth-order valence-corrected chi connectivity index (χ4v) is 1.68. The van der Waals surface area contributed by atoms with Crippen molar-refractivity contribution < 1.29 is 9.90 Å². The first-order valence-electron chi connectivity index (χ1n) is 5.01. The summed E-state index contributed by atoms with van der Waals surface area (Å²) < 4.78 is 0. The SMILES string of the molecule is CC(=O)SCCC#Cc1ccc(O)cc1C. The van der Waals surface area contributed by atoms with E-state index in [4.69, 9.17) is 0 Å². The topological polar surface area (TPSA) is 37.3 Å². The minimum atomic E-state index is 0.127. The first-order valence-corrected chi connectivity index (χ1v) is 6.00. The van der Waals surface area contributed by atoms with E-state index in [1.807, 2.05) is 6.92 Å². The highest BCUT2D eigenvalue weighted by atomic mass is 32.2. The van der Waals surface area contributed by atoms with Crippen molar-refractivity contribution in [2.24, 2.45) is 0 Å². The second kappa shape index (κ2) is 6.24. The zero-order valence-electron chi connectivity index (χ0n) is 9.41. The van der Waals surface area contributed by atoms with Crippen LogP contribution in [0.15, 0.2) is 18.2 Å². The molecule has 1 rings (SSSR count). The number of phenols is 1. The van der Waals surface area contributed by atoms with Crippen molar-refractivity contribution in [1.29, 1.82) is 0 Å². The molecule has 1 aromatic carbocycles. The molecule has 0 bridgehead atoms. The smallest absolute Gasteiger partial charge is 0.185 e. The first-order chi connectivity index (χ1) is 7.59. The van der Waals surface area contributed by atoms with Crippen LogP contribution in [0.5, 0.6) is 5.75 Å². The molecule has 0 amide bonds. The highest BCUT2D eigenvalue weighted by Crippen LogP contribution is 2.14. The van der Waals surface area contributed by atoms with Crippen LogP contribution < -0.4 is 0 Å². The van der Waals surface area contributed by atoms with E-state index in [9.17, 15) is 9.90 Å². The molecule has 1 aromatic rings. The van der Waals surface area contributed by atoms with Gasteiger partial charge in [-0.3, -0.25) is 4.79 Å². The molecule has 0 aliphatic heterocycles. The minimum absolute atomic E-state index is 0.127. The van der Waals surface area contributed by atoms with Crippen molar-refractivity contribution in [3.05, 3.63) is 29.3 Å². The maximum absolute atomic E-state index is 10.7. The fraction of sp³-hybridized carbons (Fsp3) is 0.308. The lowest BCUT2D eigenvalue weighted by atomic mass is 10.1. The van der Waals surface area contributed by atoms with Crippen LogP contribution in [0.2, 0.25) is 0 Å². The number of benzene rings is 1. The van der Waals surface area contributed by atoms with Gasteiger partial charge >= 0.3 is 0 Å². The molecule has 0 unspecified atom stereocenters. The van der Waals surface area contributed by atoms with Crippen molar-refractivity contribution in [3.8, 4) is 17.6 Å². The molecular formula is C13H14O2S. The molecule has 0 aromatic heterocycles. The monoisotopic (exact) mass is 234 g/mol. The summed E-state index contributed by atoms with van der Waals surface area (Å²) in [6, 6.07) is 5.12. The lowest BCUT2D eigenvalue weighted by Gasteiger charge is -1.98. The Morgan fingerprint density at radius 2 is 2.25 bits per heavy atom. The number of carbonyl (C=O) groups is 1.